The first-order valence-corrected chi connectivity index (χ1v) is 6.99. The fourth-order valence-corrected chi connectivity index (χ4v) is 2.81. The first-order chi connectivity index (χ1) is 9.10. The van der Waals surface area contributed by atoms with Gasteiger partial charge in [0.2, 0.25) is 0 Å². The maximum Gasteiger partial charge on any atom is 0.162 e. The molecular weight excluding hydrogens is 266 g/mol. The molecule has 0 aliphatic carbocycles. The summed E-state index contributed by atoms with van der Waals surface area (Å²) >= 11 is 1.59. The summed E-state index contributed by atoms with van der Waals surface area (Å²) in [5.74, 6) is -1.55. The van der Waals surface area contributed by atoms with E-state index in [0.717, 1.165) is 16.8 Å². The predicted octanol–water partition coefficient (Wildman–Crippen LogP) is 3.10. The molecule has 19 heavy (non-hydrogen) atoms. The van der Waals surface area contributed by atoms with Crippen LogP contribution in [0.5, 0.6) is 0 Å². The number of thiazole rings is 1. The molecule has 2 aromatic rings. The minimum atomic E-state index is -0.794. The van der Waals surface area contributed by atoms with Crippen LogP contribution in [0.4, 0.5) is 8.78 Å². The Morgan fingerprint density at radius 2 is 2.11 bits per heavy atom. The van der Waals surface area contributed by atoms with Crippen molar-refractivity contribution in [3.63, 3.8) is 0 Å². The van der Waals surface area contributed by atoms with Gasteiger partial charge in [0.15, 0.2) is 11.6 Å². The highest BCUT2D eigenvalue weighted by atomic mass is 32.1. The number of rotatable bonds is 5. The molecule has 0 aliphatic rings. The van der Waals surface area contributed by atoms with Crippen LogP contribution in [0, 0.1) is 18.6 Å². The van der Waals surface area contributed by atoms with Crippen LogP contribution in [-0.2, 0) is 12.8 Å². The monoisotopic (exact) mass is 282 g/mol. The zero-order valence-corrected chi connectivity index (χ0v) is 11.7. The van der Waals surface area contributed by atoms with Crippen LogP contribution in [0.15, 0.2) is 23.6 Å². The van der Waals surface area contributed by atoms with E-state index in [2.05, 4.69) is 10.3 Å². The highest BCUT2D eigenvalue weighted by molar-refractivity contribution is 7.09. The number of nitrogens with zero attached hydrogens (tertiary/aromatic N) is 1. The SMILES string of the molecule is CNC(Cc1nc(C)cs1)Cc1cccc(F)c1F. The van der Waals surface area contributed by atoms with E-state index < -0.39 is 11.6 Å². The van der Waals surface area contributed by atoms with E-state index in [9.17, 15) is 8.78 Å². The number of benzene rings is 1. The number of halogens is 2. The average molecular weight is 282 g/mol. The van der Waals surface area contributed by atoms with Gasteiger partial charge in [0.05, 0.1) is 5.01 Å². The van der Waals surface area contributed by atoms with Crippen molar-refractivity contribution in [2.75, 3.05) is 7.05 Å². The Bertz CT molecular complexity index is 554. The molecule has 5 heteroatoms. The summed E-state index contributed by atoms with van der Waals surface area (Å²) in [7, 11) is 1.82. The Kier molecular flexibility index (Phi) is 4.61. The van der Waals surface area contributed by atoms with Crippen LogP contribution >= 0.6 is 11.3 Å². The van der Waals surface area contributed by atoms with Crippen molar-refractivity contribution in [3.8, 4) is 0 Å². The molecule has 1 N–H and O–H groups in total. The van der Waals surface area contributed by atoms with Crippen molar-refractivity contribution < 1.29 is 8.78 Å². The summed E-state index contributed by atoms with van der Waals surface area (Å²) in [6.45, 7) is 1.95. The van der Waals surface area contributed by atoms with Crippen LogP contribution in [0.2, 0.25) is 0 Å². The van der Waals surface area contributed by atoms with Gasteiger partial charge in [0.25, 0.3) is 0 Å². The largest absolute Gasteiger partial charge is 0.316 e. The fraction of sp³-hybridized carbons (Fsp3) is 0.357. The lowest BCUT2D eigenvalue weighted by molar-refractivity contribution is 0.482. The molecule has 1 heterocycles. The van der Waals surface area contributed by atoms with Crippen molar-refractivity contribution in [2.45, 2.75) is 25.8 Å². The maximum atomic E-state index is 13.6. The van der Waals surface area contributed by atoms with Gasteiger partial charge in [-0.05, 0) is 32.0 Å². The number of likely N-dealkylation sites (N-methyl/N-ethyl adjacent to an activating group) is 1. The number of nitrogens with one attached hydrogen (secondary N) is 1. The number of hydrogen-bond donors (Lipinski definition) is 1. The first kappa shape index (κ1) is 14.1. The minimum absolute atomic E-state index is 0.0434. The second-order valence-corrected chi connectivity index (χ2v) is 5.43. The Hall–Kier alpha value is -1.33. The molecule has 0 saturated carbocycles. The quantitative estimate of drug-likeness (QED) is 0.911. The van der Waals surface area contributed by atoms with Gasteiger partial charge in [-0.15, -0.1) is 11.3 Å². The minimum Gasteiger partial charge on any atom is -0.316 e. The second-order valence-electron chi connectivity index (χ2n) is 4.49. The van der Waals surface area contributed by atoms with Gasteiger partial charge in [0, 0.05) is 23.5 Å². The van der Waals surface area contributed by atoms with E-state index >= 15 is 0 Å². The van der Waals surface area contributed by atoms with E-state index in [1.54, 1.807) is 17.4 Å². The third-order valence-electron chi connectivity index (χ3n) is 2.99. The van der Waals surface area contributed by atoms with Gasteiger partial charge >= 0.3 is 0 Å². The molecule has 0 spiro atoms. The molecule has 1 atom stereocenters. The Balaban J connectivity index is 2.08. The van der Waals surface area contributed by atoms with Crippen LogP contribution < -0.4 is 5.32 Å². The van der Waals surface area contributed by atoms with Crippen molar-refractivity contribution in [2.24, 2.45) is 0 Å². The third kappa shape index (κ3) is 3.58. The van der Waals surface area contributed by atoms with Gasteiger partial charge in [0.1, 0.15) is 0 Å². The topological polar surface area (TPSA) is 24.9 Å². The molecule has 0 radical (unpaired) electrons. The fourth-order valence-electron chi connectivity index (χ4n) is 1.96. The van der Waals surface area contributed by atoms with E-state index in [1.807, 2.05) is 19.4 Å². The van der Waals surface area contributed by atoms with Gasteiger partial charge in [-0.1, -0.05) is 12.1 Å². The van der Waals surface area contributed by atoms with Crippen molar-refractivity contribution in [1.82, 2.24) is 10.3 Å². The van der Waals surface area contributed by atoms with Crippen molar-refractivity contribution in [3.05, 3.63) is 51.5 Å². The van der Waals surface area contributed by atoms with Gasteiger partial charge in [-0.3, -0.25) is 0 Å². The molecule has 102 valence electrons. The van der Waals surface area contributed by atoms with Crippen LogP contribution in [0.25, 0.3) is 0 Å². The molecule has 0 fully saturated rings. The standard InChI is InChI=1S/C14H16F2N2S/c1-9-8-19-13(18-9)7-11(17-2)6-10-4-3-5-12(15)14(10)16/h3-5,8,11,17H,6-7H2,1-2H3. The van der Waals surface area contributed by atoms with Crippen molar-refractivity contribution in [1.29, 1.82) is 0 Å². The van der Waals surface area contributed by atoms with Crippen molar-refractivity contribution >= 4 is 11.3 Å². The van der Waals surface area contributed by atoms with E-state index in [1.165, 1.54) is 6.07 Å². The molecule has 1 aromatic heterocycles. The molecule has 0 aliphatic heterocycles. The average Bonchev–Trinajstić information content (AvgIpc) is 2.79. The summed E-state index contributed by atoms with van der Waals surface area (Å²) in [6, 6.07) is 4.34. The van der Waals surface area contributed by atoms with Crippen LogP contribution in [0.1, 0.15) is 16.3 Å². The molecule has 0 saturated heterocycles. The molecule has 2 nitrogen and oxygen atoms in total. The lowest BCUT2D eigenvalue weighted by Crippen LogP contribution is -2.30. The Morgan fingerprint density at radius 1 is 1.32 bits per heavy atom. The highest BCUT2D eigenvalue weighted by Crippen LogP contribution is 2.16. The zero-order valence-electron chi connectivity index (χ0n) is 10.9. The first-order valence-electron chi connectivity index (χ1n) is 6.11. The Morgan fingerprint density at radius 3 is 2.74 bits per heavy atom. The molecular formula is C14H16F2N2S. The zero-order chi connectivity index (χ0) is 13.8. The molecule has 0 amide bonds. The smallest absolute Gasteiger partial charge is 0.162 e. The maximum absolute atomic E-state index is 13.6. The summed E-state index contributed by atoms with van der Waals surface area (Å²) < 4.78 is 26.8. The summed E-state index contributed by atoms with van der Waals surface area (Å²) in [6.07, 6.45) is 1.16. The predicted molar refractivity (Wildman–Crippen MR) is 73.5 cm³/mol. The molecule has 0 bridgehead atoms. The normalized spacial score (nSPS) is 12.6. The molecule has 2 rings (SSSR count). The Labute approximate surface area is 115 Å². The van der Waals surface area contributed by atoms with Crippen LogP contribution in [0.3, 0.4) is 0 Å². The van der Waals surface area contributed by atoms with E-state index in [0.29, 0.717) is 18.4 Å². The summed E-state index contributed by atoms with van der Waals surface area (Å²) in [5, 5.41) is 6.13. The van der Waals surface area contributed by atoms with Crippen LogP contribution in [-0.4, -0.2) is 18.1 Å². The summed E-state index contributed by atoms with van der Waals surface area (Å²) in [5.41, 5.74) is 1.39. The lowest BCUT2D eigenvalue weighted by Gasteiger charge is -2.15. The molecule has 1 unspecified atom stereocenters. The number of aromatic nitrogens is 1. The number of hydrogen-bond acceptors (Lipinski definition) is 3. The number of aryl methyl sites for hydroxylation is 1. The van der Waals surface area contributed by atoms with E-state index in [4.69, 9.17) is 0 Å². The lowest BCUT2D eigenvalue weighted by atomic mass is 10.0. The molecule has 1 aromatic carbocycles. The van der Waals surface area contributed by atoms with E-state index in [-0.39, 0.29) is 6.04 Å². The summed E-state index contributed by atoms with van der Waals surface area (Å²) in [4.78, 5) is 4.39. The highest BCUT2D eigenvalue weighted by Gasteiger charge is 2.15. The van der Waals surface area contributed by atoms with Gasteiger partial charge in [-0.2, -0.15) is 0 Å². The van der Waals surface area contributed by atoms with Gasteiger partial charge < -0.3 is 5.32 Å². The second kappa shape index (κ2) is 6.21. The van der Waals surface area contributed by atoms with Gasteiger partial charge in [-0.25, -0.2) is 13.8 Å². The third-order valence-corrected chi connectivity index (χ3v) is 3.98.